The van der Waals surface area contributed by atoms with Gasteiger partial charge in [-0.3, -0.25) is 4.79 Å². The molecule has 0 fully saturated rings. The zero-order valence-electron chi connectivity index (χ0n) is 10.3. The van der Waals surface area contributed by atoms with E-state index in [-0.39, 0.29) is 17.3 Å². The molecular formula is C15H15NO3. The van der Waals surface area contributed by atoms with Crippen molar-refractivity contribution in [1.29, 1.82) is 0 Å². The van der Waals surface area contributed by atoms with Gasteiger partial charge in [0.25, 0.3) is 0 Å². The van der Waals surface area contributed by atoms with Crippen LogP contribution in [0.2, 0.25) is 0 Å². The molecule has 19 heavy (non-hydrogen) atoms. The molecule has 0 heterocycles. The molecule has 3 N–H and O–H groups in total. The van der Waals surface area contributed by atoms with Gasteiger partial charge < -0.3 is 15.5 Å². The highest BCUT2D eigenvalue weighted by Crippen LogP contribution is 2.21. The van der Waals surface area contributed by atoms with Gasteiger partial charge in [0.2, 0.25) is 0 Å². The van der Waals surface area contributed by atoms with E-state index >= 15 is 0 Å². The summed E-state index contributed by atoms with van der Waals surface area (Å²) in [6.07, 6.45) is 0.319. The van der Waals surface area contributed by atoms with Crippen LogP contribution in [0.3, 0.4) is 0 Å². The smallest absolute Gasteiger partial charge is 0.164 e. The summed E-state index contributed by atoms with van der Waals surface area (Å²) in [6, 6.07) is 13.1. The third-order valence-corrected chi connectivity index (χ3v) is 2.76. The van der Waals surface area contributed by atoms with Crippen LogP contribution >= 0.6 is 0 Å². The predicted octanol–water partition coefficient (Wildman–Crippen LogP) is 2.78. The number of ketones is 1. The summed E-state index contributed by atoms with van der Waals surface area (Å²) in [5.41, 5.74) is 1.18. The summed E-state index contributed by atoms with van der Waals surface area (Å²) in [7, 11) is 0. The molecule has 0 aromatic heterocycles. The topological polar surface area (TPSA) is 69.6 Å². The van der Waals surface area contributed by atoms with Gasteiger partial charge in [-0.1, -0.05) is 12.1 Å². The van der Waals surface area contributed by atoms with Gasteiger partial charge >= 0.3 is 0 Å². The van der Waals surface area contributed by atoms with Crippen LogP contribution in [0.4, 0.5) is 5.69 Å². The average molecular weight is 257 g/mol. The second kappa shape index (κ2) is 5.91. The highest BCUT2D eigenvalue weighted by Gasteiger charge is 2.06. The molecule has 0 saturated carbocycles. The predicted molar refractivity (Wildman–Crippen MR) is 73.7 cm³/mol. The van der Waals surface area contributed by atoms with Crippen molar-refractivity contribution in [2.75, 3.05) is 11.9 Å². The quantitative estimate of drug-likeness (QED) is 0.569. The highest BCUT2D eigenvalue weighted by atomic mass is 16.3. The molecule has 0 aliphatic rings. The Kier molecular flexibility index (Phi) is 4.03. The maximum atomic E-state index is 11.8. The van der Waals surface area contributed by atoms with Gasteiger partial charge in [-0.15, -0.1) is 0 Å². The number of carbonyl (C=O) groups is 1. The zero-order valence-corrected chi connectivity index (χ0v) is 10.3. The first kappa shape index (κ1) is 13.0. The molecule has 4 nitrogen and oxygen atoms in total. The first-order valence-corrected chi connectivity index (χ1v) is 6.01. The lowest BCUT2D eigenvalue weighted by Crippen LogP contribution is -2.08. The van der Waals surface area contributed by atoms with Gasteiger partial charge in [0.1, 0.15) is 11.5 Å². The third kappa shape index (κ3) is 3.48. The molecule has 0 amide bonds. The van der Waals surface area contributed by atoms with Crippen molar-refractivity contribution < 1.29 is 15.0 Å². The Bertz CT molecular complexity index is 564. The van der Waals surface area contributed by atoms with E-state index in [1.165, 1.54) is 12.1 Å². The van der Waals surface area contributed by atoms with Gasteiger partial charge in [-0.05, 0) is 36.4 Å². The number of aromatic hydroxyl groups is 2. The van der Waals surface area contributed by atoms with E-state index in [1.54, 1.807) is 30.3 Å². The fraction of sp³-hybridized carbons (Fsp3) is 0.133. The Balaban J connectivity index is 1.88. The van der Waals surface area contributed by atoms with E-state index in [2.05, 4.69) is 5.32 Å². The molecular weight excluding hydrogens is 242 g/mol. The van der Waals surface area contributed by atoms with E-state index in [0.717, 1.165) is 0 Å². The molecule has 4 heteroatoms. The molecule has 0 atom stereocenters. The monoisotopic (exact) mass is 257 g/mol. The van der Waals surface area contributed by atoms with Gasteiger partial charge in [0.15, 0.2) is 5.78 Å². The number of nitrogens with one attached hydrogen (secondary N) is 1. The van der Waals surface area contributed by atoms with E-state index in [4.69, 9.17) is 5.11 Å². The lowest BCUT2D eigenvalue weighted by molar-refractivity contribution is 0.0986. The summed E-state index contributed by atoms with van der Waals surface area (Å²) in [5, 5.41) is 21.7. The third-order valence-electron chi connectivity index (χ3n) is 2.76. The van der Waals surface area contributed by atoms with Crippen molar-refractivity contribution in [2.24, 2.45) is 0 Å². The molecule has 0 unspecified atom stereocenters. The number of phenols is 2. The SMILES string of the molecule is O=C(CCNc1ccccc1O)c1ccc(O)cc1. The van der Waals surface area contributed by atoms with E-state index in [1.807, 2.05) is 6.07 Å². The number of Topliss-reactive ketones (excluding diaryl/α,β-unsaturated/α-hetero) is 1. The lowest BCUT2D eigenvalue weighted by atomic mass is 10.1. The van der Waals surface area contributed by atoms with Crippen LogP contribution in [0.1, 0.15) is 16.8 Å². The Morgan fingerprint density at radius 2 is 1.68 bits per heavy atom. The fourth-order valence-corrected chi connectivity index (χ4v) is 1.73. The van der Waals surface area contributed by atoms with E-state index in [9.17, 15) is 9.90 Å². The minimum Gasteiger partial charge on any atom is -0.508 e. The number of hydrogen-bond donors (Lipinski definition) is 3. The first-order valence-electron chi connectivity index (χ1n) is 6.01. The number of rotatable bonds is 5. The van der Waals surface area contributed by atoms with Gasteiger partial charge in [-0.25, -0.2) is 0 Å². The number of hydrogen-bond acceptors (Lipinski definition) is 4. The fourth-order valence-electron chi connectivity index (χ4n) is 1.73. The van der Waals surface area contributed by atoms with Crippen molar-refractivity contribution in [3.8, 4) is 11.5 Å². The van der Waals surface area contributed by atoms with E-state index < -0.39 is 0 Å². The number of anilines is 1. The molecule has 0 spiro atoms. The van der Waals surface area contributed by atoms with Crippen LogP contribution < -0.4 is 5.32 Å². The molecule has 0 bridgehead atoms. The number of benzene rings is 2. The van der Waals surface area contributed by atoms with Crippen LogP contribution in [0.25, 0.3) is 0 Å². The van der Waals surface area contributed by atoms with Crippen LogP contribution in [0, 0.1) is 0 Å². The maximum absolute atomic E-state index is 11.8. The summed E-state index contributed by atoms with van der Waals surface area (Å²) in [6.45, 7) is 0.442. The Hall–Kier alpha value is -2.49. The van der Waals surface area contributed by atoms with Crippen molar-refractivity contribution in [2.45, 2.75) is 6.42 Å². The summed E-state index contributed by atoms with van der Waals surface area (Å²) < 4.78 is 0. The van der Waals surface area contributed by atoms with Crippen LogP contribution in [-0.2, 0) is 0 Å². The lowest BCUT2D eigenvalue weighted by Gasteiger charge is -2.07. The minimum atomic E-state index is -0.0112. The molecule has 0 radical (unpaired) electrons. The molecule has 98 valence electrons. The average Bonchev–Trinajstić information content (AvgIpc) is 2.41. The number of para-hydroxylation sites is 2. The molecule has 0 aliphatic carbocycles. The molecule has 2 aromatic rings. The van der Waals surface area contributed by atoms with Gasteiger partial charge in [0, 0.05) is 18.5 Å². The number of carbonyl (C=O) groups excluding carboxylic acids is 1. The van der Waals surface area contributed by atoms with Crippen LogP contribution in [0.15, 0.2) is 48.5 Å². The summed E-state index contributed by atoms with van der Waals surface area (Å²) >= 11 is 0. The van der Waals surface area contributed by atoms with Crippen molar-refractivity contribution in [1.82, 2.24) is 0 Å². The maximum Gasteiger partial charge on any atom is 0.164 e. The zero-order chi connectivity index (χ0) is 13.7. The Labute approximate surface area is 111 Å². The van der Waals surface area contributed by atoms with Crippen molar-refractivity contribution in [3.63, 3.8) is 0 Å². The Morgan fingerprint density at radius 1 is 1.00 bits per heavy atom. The summed E-state index contributed by atoms with van der Waals surface area (Å²) in [5.74, 6) is 0.298. The first-order chi connectivity index (χ1) is 9.16. The second-order valence-electron chi connectivity index (χ2n) is 4.16. The second-order valence-corrected chi connectivity index (χ2v) is 4.16. The Morgan fingerprint density at radius 3 is 2.37 bits per heavy atom. The van der Waals surface area contributed by atoms with Gasteiger partial charge in [-0.2, -0.15) is 0 Å². The largest absolute Gasteiger partial charge is 0.508 e. The standard InChI is InChI=1S/C15H15NO3/c17-12-7-5-11(6-8-12)14(18)9-10-16-13-3-1-2-4-15(13)19/h1-8,16-17,19H,9-10H2. The number of phenolic OH excluding ortho intramolecular Hbond substituents is 2. The minimum absolute atomic E-state index is 0.0112. The molecule has 0 saturated heterocycles. The normalized spacial score (nSPS) is 10.1. The highest BCUT2D eigenvalue weighted by molar-refractivity contribution is 5.96. The van der Waals surface area contributed by atoms with Crippen molar-refractivity contribution >= 4 is 11.5 Å². The van der Waals surface area contributed by atoms with Crippen LogP contribution in [-0.4, -0.2) is 22.5 Å². The van der Waals surface area contributed by atoms with Gasteiger partial charge in [0.05, 0.1) is 5.69 Å². The van der Waals surface area contributed by atoms with Crippen LogP contribution in [0.5, 0.6) is 11.5 Å². The summed E-state index contributed by atoms with van der Waals surface area (Å²) in [4.78, 5) is 11.8. The molecule has 2 aromatic carbocycles. The van der Waals surface area contributed by atoms with E-state index in [0.29, 0.717) is 24.2 Å². The molecule has 2 rings (SSSR count). The molecule has 0 aliphatic heterocycles. The van der Waals surface area contributed by atoms with Crippen molar-refractivity contribution in [3.05, 3.63) is 54.1 Å².